The number of nitrogens with one attached hydrogen (secondary N) is 1. The first-order valence-electron chi connectivity index (χ1n) is 6.61. The quantitative estimate of drug-likeness (QED) is 0.772. The number of fused-ring (bicyclic) bond motifs is 1. The minimum absolute atomic E-state index is 0.119. The minimum atomic E-state index is -0.758. The van der Waals surface area contributed by atoms with Gasteiger partial charge in [0.15, 0.2) is 0 Å². The van der Waals surface area contributed by atoms with E-state index in [1.165, 1.54) is 22.7 Å². The van der Waals surface area contributed by atoms with Crippen molar-refractivity contribution in [2.24, 2.45) is 0 Å². The van der Waals surface area contributed by atoms with Gasteiger partial charge in [0, 0.05) is 16.1 Å². The third kappa shape index (κ3) is 2.88. The van der Waals surface area contributed by atoms with Crippen LogP contribution in [0.15, 0.2) is 41.8 Å². The predicted molar refractivity (Wildman–Crippen MR) is 88.2 cm³/mol. The lowest BCUT2D eigenvalue weighted by molar-refractivity contribution is 0.0922. The summed E-state index contributed by atoms with van der Waals surface area (Å²) in [6.45, 7) is 0.119. The molecule has 0 aliphatic rings. The molecule has 0 aliphatic carbocycles. The molecule has 3 rings (SSSR count). The molecule has 0 saturated heterocycles. The van der Waals surface area contributed by atoms with Crippen molar-refractivity contribution in [3.8, 4) is 6.07 Å². The maximum atomic E-state index is 12.0. The number of thiophene rings is 2. The minimum Gasteiger partial charge on any atom is -0.386 e. The van der Waals surface area contributed by atoms with Crippen molar-refractivity contribution < 1.29 is 9.90 Å². The Balaban J connectivity index is 1.68. The lowest BCUT2D eigenvalue weighted by atomic mass is 10.2. The molecule has 1 aromatic carbocycles. The highest BCUT2D eigenvalue weighted by Crippen LogP contribution is 2.29. The van der Waals surface area contributed by atoms with Crippen LogP contribution in [0.2, 0.25) is 0 Å². The van der Waals surface area contributed by atoms with Crippen molar-refractivity contribution in [1.29, 1.82) is 5.26 Å². The lowest BCUT2D eigenvalue weighted by Crippen LogP contribution is -2.27. The molecule has 0 saturated carbocycles. The number of carbonyl (C=O) groups excluding carboxylic acids is 1. The molecular weight excluding hydrogens is 316 g/mol. The summed E-state index contributed by atoms with van der Waals surface area (Å²) >= 11 is 2.73. The average molecular weight is 328 g/mol. The van der Waals surface area contributed by atoms with Crippen molar-refractivity contribution in [1.82, 2.24) is 5.32 Å². The van der Waals surface area contributed by atoms with Gasteiger partial charge in [-0.05, 0) is 29.0 Å². The van der Waals surface area contributed by atoms with E-state index >= 15 is 0 Å². The molecule has 22 heavy (non-hydrogen) atoms. The summed E-state index contributed by atoms with van der Waals surface area (Å²) in [5.74, 6) is -0.327. The molecule has 0 radical (unpaired) electrons. The van der Waals surface area contributed by atoms with Gasteiger partial charge in [-0.25, -0.2) is 0 Å². The van der Waals surface area contributed by atoms with Crippen LogP contribution in [-0.2, 0) is 0 Å². The van der Waals surface area contributed by atoms with Crippen LogP contribution in [-0.4, -0.2) is 17.6 Å². The summed E-state index contributed by atoms with van der Waals surface area (Å²) in [4.78, 5) is 13.2. The van der Waals surface area contributed by atoms with Gasteiger partial charge in [0.25, 0.3) is 5.91 Å². The SMILES string of the molecule is N#Cc1ccsc1C(=O)NCC(O)c1cc2ccccc2s1. The van der Waals surface area contributed by atoms with E-state index in [0.29, 0.717) is 10.4 Å². The smallest absolute Gasteiger partial charge is 0.262 e. The van der Waals surface area contributed by atoms with Crippen LogP contribution in [0.4, 0.5) is 0 Å². The predicted octanol–water partition coefficient (Wildman–Crippen LogP) is 3.30. The second-order valence-corrected chi connectivity index (χ2v) is 6.72. The topological polar surface area (TPSA) is 73.1 Å². The molecular formula is C16H12N2O2S2. The monoisotopic (exact) mass is 328 g/mol. The molecule has 0 fully saturated rings. The Bertz CT molecular complexity index is 827. The van der Waals surface area contributed by atoms with Crippen LogP contribution < -0.4 is 5.32 Å². The number of hydrogen-bond donors (Lipinski definition) is 2. The number of hydrogen-bond acceptors (Lipinski definition) is 5. The van der Waals surface area contributed by atoms with Crippen molar-refractivity contribution >= 4 is 38.7 Å². The van der Waals surface area contributed by atoms with Crippen molar-refractivity contribution in [3.05, 3.63) is 57.1 Å². The standard InChI is InChI=1S/C16H12N2O2S2/c17-8-11-5-6-21-15(11)16(20)18-9-12(19)14-7-10-3-1-2-4-13(10)22-14/h1-7,12,19H,9H2,(H,18,20). The molecule has 2 heterocycles. The Morgan fingerprint density at radius 3 is 2.95 bits per heavy atom. The molecule has 0 spiro atoms. The van der Waals surface area contributed by atoms with E-state index in [9.17, 15) is 9.90 Å². The zero-order valence-corrected chi connectivity index (χ0v) is 13.1. The van der Waals surface area contributed by atoms with Crippen LogP contribution in [0.3, 0.4) is 0 Å². The number of amides is 1. The van der Waals surface area contributed by atoms with Crippen LogP contribution in [0.1, 0.15) is 26.2 Å². The maximum absolute atomic E-state index is 12.0. The van der Waals surface area contributed by atoms with Gasteiger partial charge in [-0.3, -0.25) is 4.79 Å². The van der Waals surface area contributed by atoms with Gasteiger partial charge in [-0.15, -0.1) is 22.7 Å². The average Bonchev–Trinajstić information content (AvgIpc) is 3.17. The van der Waals surface area contributed by atoms with Gasteiger partial charge >= 0.3 is 0 Å². The van der Waals surface area contributed by atoms with Crippen molar-refractivity contribution in [2.75, 3.05) is 6.54 Å². The fourth-order valence-corrected chi connectivity index (χ4v) is 3.92. The summed E-state index contributed by atoms with van der Waals surface area (Å²) in [6, 6.07) is 13.4. The third-order valence-electron chi connectivity index (χ3n) is 3.22. The van der Waals surface area contributed by atoms with E-state index in [0.717, 1.165) is 15.0 Å². The molecule has 2 N–H and O–H groups in total. The highest BCUT2D eigenvalue weighted by atomic mass is 32.1. The second kappa shape index (κ2) is 6.28. The number of aliphatic hydroxyl groups excluding tert-OH is 1. The summed E-state index contributed by atoms with van der Waals surface area (Å²) in [6.07, 6.45) is -0.758. The Morgan fingerprint density at radius 2 is 2.18 bits per heavy atom. The Labute approximate surface area is 135 Å². The molecule has 4 nitrogen and oxygen atoms in total. The molecule has 1 atom stereocenters. The van der Waals surface area contributed by atoms with E-state index in [-0.39, 0.29) is 12.5 Å². The number of nitrogens with zero attached hydrogens (tertiary/aromatic N) is 1. The Morgan fingerprint density at radius 1 is 1.36 bits per heavy atom. The van der Waals surface area contributed by atoms with Crippen molar-refractivity contribution in [3.63, 3.8) is 0 Å². The molecule has 6 heteroatoms. The fourth-order valence-electron chi connectivity index (χ4n) is 2.11. The zero-order valence-electron chi connectivity index (χ0n) is 11.4. The van der Waals surface area contributed by atoms with Crippen LogP contribution in [0, 0.1) is 11.3 Å². The second-order valence-electron chi connectivity index (χ2n) is 4.69. The van der Waals surface area contributed by atoms with Gasteiger partial charge in [0.05, 0.1) is 5.56 Å². The lowest BCUT2D eigenvalue weighted by Gasteiger charge is -2.09. The molecule has 0 bridgehead atoms. The molecule has 1 amide bonds. The van der Waals surface area contributed by atoms with E-state index in [4.69, 9.17) is 5.26 Å². The van der Waals surface area contributed by atoms with E-state index < -0.39 is 6.10 Å². The van der Waals surface area contributed by atoms with Gasteiger partial charge in [-0.2, -0.15) is 5.26 Å². The van der Waals surface area contributed by atoms with Crippen LogP contribution in [0.25, 0.3) is 10.1 Å². The maximum Gasteiger partial charge on any atom is 0.262 e. The number of aliphatic hydroxyl groups is 1. The number of rotatable bonds is 4. The summed E-state index contributed by atoms with van der Waals surface area (Å²) < 4.78 is 1.10. The highest BCUT2D eigenvalue weighted by Gasteiger charge is 2.16. The van der Waals surface area contributed by atoms with Crippen molar-refractivity contribution in [2.45, 2.75) is 6.10 Å². The Hall–Kier alpha value is -2.20. The van der Waals surface area contributed by atoms with E-state index in [2.05, 4.69) is 5.32 Å². The van der Waals surface area contributed by atoms with Gasteiger partial charge in [0.2, 0.25) is 0 Å². The van der Waals surface area contributed by atoms with Gasteiger partial charge in [0.1, 0.15) is 17.1 Å². The van der Waals surface area contributed by atoms with E-state index in [1.54, 1.807) is 11.4 Å². The molecule has 3 aromatic rings. The largest absolute Gasteiger partial charge is 0.386 e. The zero-order chi connectivity index (χ0) is 15.5. The first-order chi connectivity index (χ1) is 10.7. The number of carbonyl (C=O) groups is 1. The first kappa shape index (κ1) is 14.7. The summed E-state index contributed by atoms with van der Waals surface area (Å²) in [7, 11) is 0. The molecule has 1 unspecified atom stereocenters. The van der Waals surface area contributed by atoms with E-state index in [1.807, 2.05) is 36.4 Å². The molecule has 0 aliphatic heterocycles. The number of nitriles is 1. The third-order valence-corrected chi connectivity index (χ3v) is 5.35. The number of benzene rings is 1. The highest BCUT2D eigenvalue weighted by molar-refractivity contribution is 7.19. The summed E-state index contributed by atoms with van der Waals surface area (Å²) in [5, 5.41) is 24.6. The molecule has 2 aromatic heterocycles. The van der Waals surface area contributed by atoms with Crippen LogP contribution >= 0.6 is 22.7 Å². The fraction of sp³-hybridized carbons (Fsp3) is 0.125. The van der Waals surface area contributed by atoms with Gasteiger partial charge < -0.3 is 10.4 Å². The van der Waals surface area contributed by atoms with Crippen LogP contribution in [0.5, 0.6) is 0 Å². The Kier molecular flexibility index (Phi) is 4.20. The molecule has 110 valence electrons. The summed E-state index contributed by atoms with van der Waals surface area (Å²) in [5.41, 5.74) is 0.360. The first-order valence-corrected chi connectivity index (χ1v) is 8.31. The normalized spacial score (nSPS) is 12.0. The van der Waals surface area contributed by atoms with Gasteiger partial charge in [-0.1, -0.05) is 18.2 Å².